The number of rotatable bonds is 7. The largest absolute Gasteiger partial charge is 0.367 e. The molecule has 0 spiro atoms. The first-order chi connectivity index (χ1) is 14.8. The standard InChI is InChI=1S/C24H34F2N4O/c1-6-16(3)27-24(31)23-17(4)22(29-13-11-28(7-2)12-14-29)18(5)30(23)15-19-20(25)9-8-10-21(19)26/h8-10,16H,6-7,11-15H2,1-5H3,(H,27,31). The van der Waals surface area contributed by atoms with Crippen LogP contribution in [0.3, 0.4) is 0 Å². The molecule has 2 aromatic rings. The summed E-state index contributed by atoms with van der Waals surface area (Å²) >= 11 is 0. The van der Waals surface area contributed by atoms with E-state index in [0.717, 1.165) is 56.1 Å². The first-order valence-electron chi connectivity index (χ1n) is 11.2. The lowest BCUT2D eigenvalue weighted by molar-refractivity contribution is 0.0929. The molecule has 0 aliphatic carbocycles. The van der Waals surface area contributed by atoms with Crippen LogP contribution in [0.2, 0.25) is 0 Å². The molecule has 3 rings (SSSR count). The molecule has 31 heavy (non-hydrogen) atoms. The summed E-state index contributed by atoms with van der Waals surface area (Å²) in [6.45, 7) is 14.6. The second-order valence-corrected chi connectivity index (χ2v) is 8.40. The molecule has 1 aromatic heterocycles. The number of nitrogens with zero attached hydrogens (tertiary/aromatic N) is 3. The van der Waals surface area contributed by atoms with E-state index in [1.165, 1.54) is 18.2 Å². The molecular formula is C24H34F2N4O. The van der Waals surface area contributed by atoms with Crippen molar-refractivity contribution in [3.05, 3.63) is 52.3 Å². The molecule has 7 heteroatoms. The maximum absolute atomic E-state index is 14.4. The predicted molar refractivity (Wildman–Crippen MR) is 121 cm³/mol. The average Bonchev–Trinajstić information content (AvgIpc) is 3.00. The number of carbonyl (C=O) groups excluding carboxylic acids is 1. The smallest absolute Gasteiger partial charge is 0.268 e. The van der Waals surface area contributed by atoms with Crippen LogP contribution < -0.4 is 10.2 Å². The first kappa shape index (κ1) is 23.3. The first-order valence-corrected chi connectivity index (χ1v) is 11.2. The van der Waals surface area contributed by atoms with Crippen LogP contribution in [0.1, 0.15) is 54.5 Å². The van der Waals surface area contributed by atoms with E-state index in [9.17, 15) is 13.6 Å². The topological polar surface area (TPSA) is 40.5 Å². The minimum absolute atomic E-state index is 0.0114. The van der Waals surface area contributed by atoms with Gasteiger partial charge < -0.3 is 19.7 Å². The van der Waals surface area contributed by atoms with Crippen molar-refractivity contribution in [3.63, 3.8) is 0 Å². The van der Waals surface area contributed by atoms with E-state index in [2.05, 4.69) is 22.0 Å². The van der Waals surface area contributed by atoms with E-state index in [0.29, 0.717) is 5.69 Å². The van der Waals surface area contributed by atoms with Gasteiger partial charge in [0.25, 0.3) is 5.91 Å². The zero-order chi connectivity index (χ0) is 22.7. The zero-order valence-electron chi connectivity index (χ0n) is 19.3. The van der Waals surface area contributed by atoms with E-state index < -0.39 is 11.6 Å². The number of piperazine rings is 1. The number of likely N-dealkylation sites (N-methyl/N-ethyl adjacent to an activating group) is 1. The van der Waals surface area contributed by atoms with Crippen LogP contribution in [0.25, 0.3) is 0 Å². The number of halogens is 2. The number of nitrogens with one attached hydrogen (secondary N) is 1. The highest BCUT2D eigenvalue weighted by Crippen LogP contribution is 2.33. The van der Waals surface area contributed by atoms with Gasteiger partial charge in [0.05, 0.1) is 12.2 Å². The fourth-order valence-electron chi connectivity index (χ4n) is 4.36. The molecular weight excluding hydrogens is 398 g/mol. The number of hydrogen-bond donors (Lipinski definition) is 1. The molecule has 1 atom stereocenters. The minimum Gasteiger partial charge on any atom is -0.367 e. The molecule has 1 unspecified atom stereocenters. The van der Waals surface area contributed by atoms with Crippen LogP contribution in [-0.4, -0.2) is 54.1 Å². The van der Waals surface area contributed by atoms with Crippen molar-refractivity contribution in [1.29, 1.82) is 0 Å². The summed E-state index contributed by atoms with van der Waals surface area (Å²) in [5, 5.41) is 3.03. The molecule has 0 bridgehead atoms. The van der Waals surface area contributed by atoms with Gasteiger partial charge in [0.1, 0.15) is 17.3 Å². The summed E-state index contributed by atoms with van der Waals surface area (Å²) < 4.78 is 30.7. The minimum atomic E-state index is -0.600. The number of amides is 1. The van der Waals surface area contributed by atoms with Gasteiger partial charge in [-0.1, -0.05) is 19.9 Å². The van der Waals surface area contributed by atoms with E-state index in [1.54, 1.807) is 4.57 Å². The Balaban J connectivity index is 2.06. The highest BCUT2D eigenvalue weighted by Gasteiger charge is 2.29. The van der Waals surface area contributed by atoms with Gasteiger partial charge in [-0.15, -0.1) is 0 Å². The molecule has 0 radical (unpaired) electrons. The van der Waals surface area contributed by atoms with Crippen LogP contribution in [0, 0.1) is 25.5 Å². The second-order valence-electron chi connectivity index (χ2n) is 8.40. The lowest BCUT2D eigenvalue weighted by Gasteiger charge is -2.36. The Bertz CT molecular complexity index is 912. The summed E-state index contributed by atoms with van der Waals surface area (Å²) in [5.41, 5.74) is 3.18. The molecule has 1 aliphatic rings. The second kappa shape index (κ2) is 9.81. The van der Waals surface area contributed by atoms with Crippen molar-refractivity contribution in [3.8, 4) is 0 Å². The number of aromatic nitrogens is 1. The Hall–Kier alpha value is -2.41. The van der Waals surface area contributed by atoms with Crippen molar-refractivity contribution in [2.45, 2.75) is 53.6 Å². The van der Waals surface area contributed by atoms with Crippen LogP contribution >= 0.6 is 0 Å². The molecule has 1 aromatic carbocycles. The number of benzene rings is 1. The van der Waals surface area contributed by atoms with Crippen molar-refractivity contribution in [2.24, 2.45) is 0 Å². The summed E-state index contributed by atoms with van der Waals surface area (Å²) in [5.74, 6) is -1.40. The predicted octanol–water partition coefficient (Wildman–Crippen LogP) is 4.10. The van der Waals surface area contributed by atoms with E-state index >= 15 is 0 Å². The Labute approximate surface area is 184 Å². The summed E-state index contributed by atoms with van der Waals surface area (Å²) in [4.78, 5) is 17.9. The third-order valence-electron chi connectivity index (χ3n) is 6.45. The fraction of sp³-hybridized carbons (Fsp3) is 0.542. The maximum Gasteiger partial charge on any atom is 0.268 e. The van der Waals surface area contributed by atoms with Gasteiger partial charge in [0.2, 0.25) is 0 Å². The third-order valence-corrected chi connectivity index (χ3v) is 6.45. The number of anilines is 1. The molecule has 1 N–H and O–H groups in total. The molecule has 1 fully saturated rings. The van der Waals surface area contributed by atoms with Gasteiger partial charge >= 0.3 is 0 Å². The Morgan fingerprint density at radius 2 is 1.71 bits per heavy atom. The lowest BCUT2D eigenvalue weighted by Crippen LogP contribution is -2.46. The van der Waals surface area contributed by atoms with Crippen molar-refractivity contribution < 1.29 is 13.6 Å². The fourth-order valence-corrected chi connectivity index (χ4v) is 4.36. The van der Waals surface area contributed by atoms with E-state index in [1.807, 2.05) is 27.7 Å². The highest BCUT2D eigenvalue weighted by molar-refractivity contribution is 5.96. The Morgan fingerprint density at radius 1 is 1.10 bits per heavy atom. The monoisotopic (exact) mass is 432 g/mol. The summed E-state index contributed by atoms with van der Waals surface area (Å²) in [6, 6.07) is 3.89. The summed E-state index contributed by atoms with van der Waals surface area (Å²) in [7, 11) is 0. The third kappa shape index (κ3) is 4.76. The molecule has 1 saturated heterocycles. The molecule has 1 amide bonds. The van der Waals surface area contributed by atoms with Crippen LogP contribution in [0.15, 0.2) is 18.2 Å². The normalized spacial score (nSPS) is 15.9. The molecule has 1 aliphatic heterocycles. The molecule has 0 saturated carbocycles. The van der Waals surface area contributed by atoms with Gasteiger partial charge in [0.15, 0.2) is 0 Å². The van der Waals surface area contributed by atoms with Crippen LogP contribution in [0.5, 0.6) is 0 Å². The van der Waals surface area contributed by atoms with Gasteiger partial charge in [-0.05, 0) is 45.9 Å². The van der Waals surface area contributed by atoms with E-state index in [4.69, 9.17) is 0 Å². The molecule has 2 heterocycles. The molecule has 5 nitrogen and oxygen atoms in total. The van der Waals surface area contributed by atoms with Crippen molar-refractivity contribution >= 4 is 11.6 Å². The highest BCUT2D eigenvalue weighted by atomic mass is 19.1. The van der Waals surface area contributed by atoms with Gasteiger partial charge in [-0.2, -0.15) is 0 Å². The Kier molecular flexibility index (Phi) is 7.36. The van der Waals surface area contributed by atoms with Crippen molar-refractivity contribution in [2.75, 3.05) is 37.6 Å². The van der Waals surface area contributed by atoms with E-state index in [-0.39, 0.29) is 24.1 Å². The average molecular weight is 433 g/mol. The summed E-state index contributed by atoms with van der Waals surface area (Å²) in [6.07, 6.45) is 0.804. The van der Waals surface area contributed by atoms with Crippen molar-refractivity contribution in [1.82, 2.24) is 14.8 Å². The van der Waals surface area contributed by atoms with Gasteiger partial charge in [-0.3, -0.25) is 4.79 Å². The van der Waals surface area contributed by atoms with Gasteiger partial charge in [-0.25, -0.2) is 8.78 Å². The van der Waals surface area contributed by atoms with Crippen LogP contribution in [-0.2, 0) is 6.54 Å². The lowest BCUT2D eigenvalue weighted by atomic mass is 10.1. The van der Waals surface area contributed by atoms with Gasteiger partial charge in [0, 0.05) is 49.0 Å². The SMILES string of the molecule is CCC(C)NC(=O)c1c(C)c(N2CCN(CC)CC2)c(C)n1Cc1c(F)cccc1F. The number of carbonyl (C=O) groups is 1. The number of hydrogen-bond acceptors (Lipinski definition) is 3. The quantitative estimate of drug-likeness (QED) is 0.716. The molecule has 170 valence electrons. The maximum atomic E-state index is 14.4. The Morgan fingerprint density at radius 3 is 2.26 bits per heavy atom. The zero-order valence-corrected chi connectivity index (χ0v) is 19.3. The van der Waals surface area contributed by atoms with Crippen LogP contribution in [0.4, 0.5) is 14.5 Å².